The second kappa shape index (κ2) is 14.2. The van der Waals surface area contributed by atoms with Crippen molar-refractivity contribution in [3.63, 3.8) is 0 Å². The van der Waals surface area contributed by atoms with Crippen LogP contribution < -0.4 is 0 Å². The molecule has 194 valence electrons. The van der Waals surface area contributed by atoms with Gasteiger partial charge in [0.1, 0.15) is 6.17 Å². The first kappa shape index (κ1) is 30.6. The second-order valence-electron chi connectivity index (χ2n) is 12.0. The van der Waals surface area contributed by atoms with Crippen molar-refractivity contribution < 1.29 is 4.39 Å². The van der Waals surface area contributed by atoms with Gasteiger partial charge in [0.2, 0.25) is 0 Å². The molecule has 1 rings (SSSR count). The average Bonchev–Trinajstić information content (AvgIpc) is 2.71. The number of allylic oxidation sites excluding steroid dienone is 8. The SMILES string of the molecule is C=C(C)C(C(=C)C)=C(C)C(C/C(=C/C=C(/CCCN1CCCCC1)C(C)C)C(C)F)C(C)(C)C. The third-order valence-corrected chi connectivity index (χ3v) is 7.41. The second-order valence-corrected chi connectivity index (χ2v) is 12.0. The Hall–Kier alpha value is -1.41. The van der Waals surface area contributed by atoms with Crippen LogP contribution in [0.4, 0.5) is 4.39 Å². The maximum absolute atomic E-state index is 14.9. The molecule has 0 bridgehead atoms. The lowest BCUT2D eigenvalue weighted by atomic mass is 9.70. The van der Waals surface area contributed by atoms with Gasteiger partial charge in [0.05, 0.1) is 0 Å². The molecule has 0 N–H and O–H groups in total. The van der Waals surface area contributed by atoms with Crippen molar-refractivity contribution in [2.45, 2.75) is 107 Å². The first-order valence-corrected chi connectivity index (χ1v) is 13.5. The van der Waals surface area contributed by atoms with Gasteiger partial charge in [-0.25, -0.2) is 4.39 Å². The van der Waals surface area contributed by atoms with E-state index >= 15 is 0 Å². The minimum absolute atomic E-state index is 0.00719. The quantitative estimate of drug-likeness (QED) is 0.256. The van der Waals surface area contributed by atoms with Gasteiger partial charge in [0.25, 0.3) is 0 Å². The molecule has 0 amide bonds. The fourth-order valence-corrected chi connectivity index (χ4v) is 5.39. The molecular weight excluding hydrogens is 417 g/mol. The summed E-state index contributed by atoms with van der Waals surface area (Å²) in [6.07, 6.45) is 10.4. The predicted octanol–water partition coefficient (Wildman–Crippen LogP) is 9.64. The van der Waals surface area contributed by atoms with Crippen molar-refractivity contribution >= 4 is 0 Å². The lowest BCUT2D eigenvalue weighted by Gasteiger charge is -2.35. The van der Waals surface area contributed by atoms with Gasteiger partial charge < -0.3 is 4.90 Å². The van der Waals surface area contributed by atoms with E-state index in [0.29, 0.717) is 12.3 Å². The van der Waals surface area contributed by atoms with E-state index in [1.165, 1.54) is 56.5 Å². The van der Waals surface area contributed by atoms with Gasteiger partial charge in [0, 0.05) is 0 Å². The molecule has 34 heavy (non-hydrogen) atoms. The van der Waals surface area contributed by atoms with Crippen molar-refractivity contribution in [2.75, 3.05) is 19.6 Å². The zero-order chi connectivity index (χ0) is 26.1. The smallest absolute Gasteiger partial charge is 0.119 e. The van der Waals surface area contributed by atoms with Crippen LogP contribution >= 0.6 is 0 Å². The standard InChI is InChI=1S/C32H54FN/c1-23(2)28(16-15-21-34-19-13-12-14-20-34)17-18-29(27(8)33)22-30(32(9,10)11)26(7)31(24(3)4)25(5)6/h17-18,23,27,30H,3,5,12-16,19-22H2,1-2,4,6-11H3/b28-17-,29-18-. The number of hydrogen-bond acceptors (Lipinski definition) is 1. The molecule has 1 saturated heterocycles. The Kier molecular flexibility index (Phi) is 12.8. The highest BCUT2D eigenvalue weighted by atomic mass is 19.1. The van der Waals surface area contributed by atoms with Crippen molar-refractivity contribution in [3.05, 3.63) is 58.7 Å². The summed E-state index contributed by atoms with van der Waals surface area (Å²) in [5, 5.41) is 0. The Balaban J connectivity index is 3.15. The van der Waals surface area contributed by atoms with Crippen LogP contribution in [0.15, 0.2) is 58.7 Å². The van der Waals surface area contributed by atoms with Gasteiger partial charge in [-0.1, -0.05) is 88.6 Å². The van der Waals surface area contributed by atoms with Crippen molar-refractivity contribution in [3.8, 4) is 0 Å². The van der Waals surface area contributed by atoms with Crippen LogP contribution in [-0.2, 0) is 0 Å². The molecule has 0 radical (unpaired) electrons. The Morgan fingerprint density at radius 3 is 1.88 bits per heavy atom. The van der Waals surface area contributed by atoms with Gasteiger partial charge in [-0.2, -0.15) is 0 Å². The van der Waals surface area contributed by atoms with Crippen LogP contribution in [0.1, 0.15) is 101 Å². The lowest BCUT2D eigenvalue weighted by molar-refractivity contribution is 0.226. The number of hydrogen-bond donors (Lipinski definition) is 0. The maximum Gasteiger partial charge on any atom is 0.119 e. The van der Waals surface area contributed by atoms with Crippen molar-refractivity contribution in [1.82, 2.24) is 4.90 Å². The highest BCUT2D eigenvalue weighted by molar-refractivity contribution is 5.46. The lowest BCUT2D eigenvalue weighted by Crippen LogP contribution is -2.30. The number of piperidine rings is 1. The fourth-order valence-electron chi connectivity index (χ4n) is 5.39. The molecule has 1 aliphatic heterocycles. The van der Waals surface area contributed by atoms with E-state index in [1.54, 1.807) is 6.92 Å². The van der Waals surface area contributed by atoms with E-state index in [2.05, 4.69) is 71.8 Å². The molecule has 0 aromatic rings. The monoisotopic (exact) mass is 471 g/mol. The largest absolute Gasteiger partial charge is 0.303 e. The Bertz CT molecular complexity index is 747. The van der Waals surface area contributed by atoms with Crippen LogP contribution in [-0.4, -0.2) is 30.7 Å². The summed E-state index contributed by atoms with van der Waals surface area (Å²) in [6.45, 7) is 31.3. The first-order valence-electron chi connectivity index (χ1n) is 13.5. The summed E-state index contributed by atoms with van der Waals surface area (Å²) < 4.78 is 14.9. The fraction of sp³-hybridized carbons (Fsp3) is 0.688. The molecule has 2 unspecified atom stereocenters. The molecule has 0 aromatic carbocycles. The van der Waals surface area contributed by atoms with Gasteiger partial charge >= 0.3 is 0 Å². The van der Waals surface area contributed by atoms with Crippen LogP contribution in [0, 0.1) is 17.3 Å². The van der Waals surface area contributed by atoms with Crippen molar-refractivity contribution in [2.24, 2.45) is 17.3 Å². The summed E-state index contributed by atoms with van der Waals surface area (Å²) in [4.78, 5) is 2.61. The summed E-state index contributed by atoms with van der Waals surface area (Å²) in [5.74, 6) is 0.697. The zero-order valence-corrected chi connectivity index (χ0v) is 24.0. The van der Waals surface area contributed by atoms with E-state index in [4.69, 9.17) is 0 Å². The van der Waals surface area contributed by atoms with Crippen LogP contribution in [0.25, 0.3) is 0 Å². The number of nitrogens with zero attached hydrogens (tertiary/aromatic N) is 1. The zero-order valence-electron chi connectivity index (χ0n) is 24.0. The van der Waals surface area contributed by atoms with Gasteiger partial charge in [-0.15, -0.1) is 0 Å². The first-order chi connectivity index (χ1) is 15.8. The molecule has 0 saturated carbocycles. The maximum atomic E-state index is 14.9. The van der Waals surface area contributed by atoms with Crippen LogP contribution in [0.3, 0.4) is 0 Å². The number of halogens is 1. The molecule has 0 aromatic heterocycles. The van der Waals surface area contributed by atoms with Gasteiger partial charge in [0.15, 0.2) is 0 Å². The van der Waals surface area contributed by atoms with E-state index in [1.807, 2.05) is 13.8 Å². The number of likely N-dealkylation sites (tertiary alicyclic amines) is 1. The van der Waals surface area contributed by atoms with Crippen molar-refractivity contribution in [1.29, 1.82) is 0 Å². The molecular formula is C32H54FN. The summed E-state index contributed by atoms with van der Waals surface area (Å²) in [6, 6.07) is 0. The average molecular weight is 472 g/mol. The van der Waals surface area contributed by atoms with E-state index in [0.717, 1.165) is 28.7 Å². The summed E-state index contributed by atoms with van der Waals surface area (Å²) in [7, 11) is 0. The minimum atomic E-state index is -0.964. The third kappa shape index (κ3) is 10.1. The Morgan fingerprint density at radius 2 is 1.44 bits per heavy atom. The Labute approximate surface area is 212 Å². The Morgan fingerprint density at radius 1 is 0.912 bits per heavy atom. The van der Waals surface area contributed by atoms with E-state index in [-0.39, 0.29) is 11.3 Å². The molecule has 0 spiro atoms. The van der Waals surface area contributed by atoms with Crippen LogP contribution in [0.5, 0.6) is 0 Å². The molecule has 0 aliphatic carbocycles. The van der Waals surface area contributed by atoms with Gasteiger partial charge in [-0.3, -0.25) is 0 Å². The third-order valence-electron chi connectivity index (χ3n) is 7.41. The highest BCUT2D eigenvalue weighted by Gasteiger charge is 2.30. The molecule has 2 heteroatoms. The molecule has 1 nitrogen and oxygen atoms in total. The molecule has 2 atom stereocenters. The molecule has 1 fully saturated rings. The van der Waals surface area contributed by atoms with E-state index < -0.39 is 6.17 Å². The highest BCUT2D eigenvalue weighted by Crippen LogP contribution is 2.41. The predicted molar refractivity (Wildman–Crippen MR) is 151 cm³/mol. The topological polar surface area (TPSA) is 3.24 Å². The van der Waals surface area contributed by atoms with Crippen LogP contribution in [0.2, 0.25) is 0 Å². The summed E-state index contributed by atoms with van der Waals surface area (Å²) >= 11 is 0. The minimum Gasteiger partial charge on any atom is -0.303 e. The molecule has 1 heterocycles. The number of alkyl halides is 1. The summed E-state index contributed by atoms with van der Waals surface area (Å²) in [5.41, 5.74) is 6.82. The number of rotatable bonds is 12. The molecule has 1 aliphatic rings. The van der Waals surface area contributed by atoms with E-state index in [9.17, 15) is 4.39 Å². The normalized spacial score (nSPS) is 18.1. The van der Waals surface area contributed by atoms with Gasteiger partial charge in [-0.05, 0) is 108 Å².